The standard InChI is InChI=1S/C28H34N6O2/c1-19-29-23(18-34(19)36-20(2)35)17-32-13-15-33(16-14-32)25-8-6-7-24-26(25)31-27(30-24)21-9-11-22(12-10-21)28(3,4)5/h6-12,18H,13-17H2,1-5H3,(H,30,31). The Hall–Kier alpha value is -3.65. The number of fused-ring (bicyclic) bond motifs is 1. The minimum absolute atomic E-state index is 0.128. The minimum atomic E-state index is -0.353. The average Bonchev–Trinajstić information content (AvgIpc) is 3.42. The lowest BCUT2D eigenvalue weighted by Crippen LogP contribution is -2.46. The van der Waals surface area contributed by atoms with Gasteiger partial charge in [0.25, 0.3) is 0 Å². The molecule has 0 spiro atoms. The molecule has 0 atom stereocenters. The van der Waals surface area contributed by atoms with Crippen molar-refractivity contribution in [3.63, 3.8) is 0 Å². The summed E-state index contributed by atoms with van der Waals surface area (Å²) >= 11 is 0. The Kier molecular flexibility index (Phi) is 6.30. The fraction of sp³-hybridized carbons (Fsp3) is 0.393. The molecule has 0 bridgehead atoms. The van der Waals surface area contributed by atoms with Crippen molar-refractivity contribution in [3.8, 4) is 11.4 Å². The predicted octanol–water partition coefficient (Wildman–Crippen LogP) is 4.33. The number of hydrogen-bond donors (Lipinski definition) is 1. The molecular formula is C28H34N6O2. The fourth-order valence-electron chi connectivity index (χ4n) is 4.73. The molecular weight excluding hydrogens is 452 g/mol. The Morgan fingerprint density at radius 2 is 1.75 bits per heavy atom. The molecule has 1 saturated heterocycles. The van der Waals surface area contributed by atoms with E-state index in [-0.39, 0.29) is 11.4 Å². The van der Waals surface area contributed by atoms with Crippen LogP contribution in [0.4, 0.5) is 5.69 Å². The fourth-order valence-corrected chi connectivity index (χ4v) is 4.73. The van der Waals surface area contributed by atoms with E-state index >= 15 is 0 Å². The van der Waals surface area contributed by atoms with Crippen LogP contribution in [0.2, 0.25) is 0 Å². The Balaban J connectivity index is 1.28. The first-order valence-electron chi connectivity index (χ1n) is 12.5. The number of nitrogens with zero attached hydrogens (tertiary/aromatic N) is 5. The van der Waals surface area contributed by atoms with Crippen molar-refractivity contribution in [2.24, 2.45) is 0 Å². The van der Waals surface area contributed by atoms with Crippen LogP contribution in [0.25, 0.3) is 22.4 Å². The summed E-state index contributed by atoms with van der Waals surface area (Å²) in [5.41, 5.74) is 6.67. The predicted molar refractivity (Wildman–Crippen MR) is 142 cm³/mol. The van der Waals surface area contributed by atoms with Crippen LogP contribution >= 0.6 is 0 Å². The van der Waals surface area contributed by atoms with Gasteiger partial charge in [-0.3, -0.25) is 4.90 Å². The van der Waals surface area contributed by atoms with E-state index in [2.05, 4.69) is 83.0 Å². The third-order valence-corrected chi connectivity index (χ3v) is 6.73. The maximum absolute atomic E-state index is 11.3. The van der Waals surface area contributed by atoms with Gasteiger partial charge in [0.2, 0.25) is 0 Å². The molecule has 4 aromatic rings. The van der Waals surface area contributed by atoms with E-state index in [9.17, 15) is 4.79 Å². The third kappa shape index (κ3) is 4.99. The molecule has 1 aliphatic heterocycles. The van der Waals surface area contributed by atoms with Gasteiger partial charge in [-0.25, -0.2) is 14.8 Å². The average molecular weight is 487 g/mol. The number of H-pyrrole nitrogens is 1. The molecule has 0 aliphatic carbocycles. The van der Waals surface area contributed by atoms with Crippen LogP contribution in [-0.4, -0.2) is 56.7 Å². The highest BCUT2D eigenvalue weighted by Gasteiger charge is 2.22. The van der Waals surface area contributed by atoms with E-state index in [0.29, 0.717) is 5.82 Å². The zero-order valence-electron chi connectivity index (χ0n) is 21.7. The van der Waals surface area contributed by atoms with Crippen LogP contribution in [0.3, 0.4) is 0 Å². The molecule has 0 saturated carbocycles. The number of piperazine rings is 1. The number of aromatic nitrogens is 4. The highest BCUT2D eigenvalue weighted by atomic mass is 16.7. The number of aryl methyl sites for hydroxylation is 1. The molecule has 8 heteroatoms. The van der Waals surface area contributed by atoms with Gasteiger partial charge in [-0.1, -0.05) is 51.1 Å². The zero-order valence-corrected chi connectivity index (χ0v) is 21.7. The second kappa shape index (κ2) is 9.43. The first kappa shape index (κ1) is 24.1. The van der Waals surface area contributed by atoms with Crippen molar-refractivity contribution >= 4 is 22.7 Å². The number of nitrogens with one attached hydrogen (secondary N) is 1. The number of imidazole rings is 2. The van der Waals surface area contributed by atoms with Crippen LogP contribution in [0.1, 0.15) is 44.8 Å². The highest BCUT2D eigenvalue weighted by Crippen LogP contribution is 2.30. The maximum Gasteiger partial charge on any atom is 0.329 e. The maximum atomic E-state index is 11.3. The third-order valence-electron chi connectivity index (χ3n) is 6.73. The Labute approximate surface area is 211 Å². The first-order chi connectivity index (χ1) is 17.2. The molecule has 36 heavy (non-hydrogen) atoms. The Morgan fingerprint density at radius 1 is 1.03 bits per heavy atom. The van der Waals surface area contributed by atoms with Crippen LogP contribution in [-0.2, 0) is 16.8 Å². The van der Waals surface area contributed by atoms with Crippen molar-refractivity contribution in [2.75, 3.05) is 31.1 Å². The summed E-state index contributed by atoms with van der Waals surface area (Å²) in [7, 11) is 0. The van der Waals surface area contributed by atoms with Gasteiger partial charge in [0.1, 0.15) is 17.2 Å². The van der Waals surface area contributed by atoms with Crippen LogP contribution in [0, 0.1) is 6.92 Å². The van der Waals surface area contributed by atoms with E-state index in [1.165, 1.54) is 17.2 Å². The number of aromatic amines is 1. The molecule has 1 N–H and O–H groups in total. The number of anilines is 1. The van der Waals surface area contributed by atoms with Crippen molar-refractivity contribution < 1.29 is 9.63 Å². The van der Waals surface area contributed by atoms with Gasteiger partial charge in [-0.2, -0.15) is 4.73 Å². The lowest BCUT2D eigenvalue weighted by atomic mass is 9.87. The summed E-state index contributed by atoms with van der Waals surface area (Å²) in [5.74, 6) is 1.22. The topological polar surface area (TPSA) is 79.3 Å². The summed E-state index contributed by atoms with van der Waals surface area (Å²) in [6.45, 7) is 14.3. The Morgan fingerprint density at radius 3 is 2.42 bits per heavy atom. The lowest BCUT2D eigenvalue weighted by molar-refractivity contribution is -0.141. The van der Waals surface area contributed by atoms with Crippen molar-refractivity contribution in [1.82, 2.24) is 24.6 Å². The van der Waals surface area contributed by atoms with E-state index in [1.54, 1.807) is 6.20 Å². The summed E-state index contributed by atoms with van der Waals surface area (Å²) < 4.78 is 1.44. The number of para-hydroxylation sites is 1. The zero-order chi connectivity index (χ0) is 25.4. The number of rotatable bonds is 5. The van der Waals surface area contributed by atoms with Gasteiger partial charge < -0.3 is 14.7 Å². The molecule has 1 aliphatic rings. The number of hydrogen-bond acceptors (Lipinski definition) is 6. The van der Waals surface area contributed by atoms with E-state index in [4.69, 9.17) is 9.82 Å². The minimum Gasteiger partial charge on any atom is -0.367 e. The van der Waals surface area contributed by atoms with Gasteiger partial charge in [-0.05, 0) is 30.0 Å². The molecule has 8 nitrogen and oxygen atoms in total. The van der Waals surface area contributed by atoms with Crippen molar-refractivity contribution in [1.29, 1.82) is 0 Å². The molecule has 2 aromatic heterocycles. The largest absolute Gasteiger partial charge is 0.367 e. The first-order valence-corrected chi connectivity index (χ1v) is 12.5. The molecule has 0 amide bonds. The molecule has 3 heterocycles. The van der Waals surface area contributed by atoms with E-state index < -0.39 is 0 Å². The smallest absolute Gasteiger partial charge is 0.329 e. The summed E-state index contributed by atoms with van der Waals surface area (Å²) in [5, 5.41) is 0. The van der Waals surface area contributed by atoms with Crippen molar-refractivity contribution in [2.45, 2.75) is 46.6 Å². The molecule has 1 fully saturated rings. The van der Waals surface area contributed by atoms with Gasteiger partial charge in [-0.15, -0.1) is 0 Å². The quantitative estimate of drug-likeness (QED) is 0.452. The van der Waals surface area contributed by atoms with Gasteiger partial charge >= 0.3 is 5.97 Å². The van der Waals surface area contributed by atoms with Gasteiger partial charge in [0.15, 0.2) is 0 Å². The monoisotopic (exact) mass is 486 g/mol. The molecule has 0 unspecified atom stereocenters. The summed E-state index contributed by atoms with van der Waals surface area (Å²) in [6.07, 6.45) is 1.79. The van der Waals surface area contributed by atoms with Crippen LogP contribution in [0.5, 0.6) is 0 Å². The number of carbonyl (C=O) groups excluding carboxylic acids is 1. The van der Waals surface area contributed by atoms with Gasteiger partial charge in [0, 0.05) is 45.2 Å². The summed E-state index contributed by atoms with van der Waals surface area (Å²) in [4.78, 5) is 34.3. The molecule has 188 valence electrons. The molecule has 0 radical (unpaired) electrons. The second-order valence-electron chi connectivity index (χ2n) is 10.5. The van der Waals surface area contributed by atoms with E-state index in [0.717, 1.165) is 66.5 Å². The SMILES string of the molecule is CC(=O)On1cc(CN2CCN(c3cccc4[nH]c(-c5ccc(C(C)(C)C)cc5)nc34)CC2)nc1C. The highest BCUT2D eigenvalue weighted by molar-refractivity contribution is 5.91. The molecule has 2 aromatic carbocycles. The number of carbonyl (C=O) groups is 1. The molecule has 5 rings (SSSR count). The number of benzene rings is 2. The summed E-state index contributed by atoms with van der Waals surface area (Å²) in [6, 6.07) is 15.0. The lowest BCUT2D eigenvalue weighted by Gasteiger charge is -2.35. The Bertz CT molecular complexity index is 1370. The van der Waals surface area contributed by atoms with Crippen molar-refractivity contribution in [3.05, 3.63) is 65.7 Å². The normalized spacial score (nSPS) is 15.0. The van der Waals surface area contributed by atoms with Crippen LogP contribution < -0.4 is 9.74 Å². The van der Waals surface area contributed by atoms with Crippen LogP contribution in [0.15, 0.2) is 48.7 Å². The van der Waals surface area contributed by atoms with Gasteiger partial charge in [0.05, 0.1) is 23.1 Å². The van der Waals surface area contributed by atoms with E-state index in [1.807, 2.05) is 6.92 Å². The second-order valence-corrected chi connectivity index (χ2v) is 10.5.